The molecule has 1 amide bonds. The summed E-state index contributed by atoms with van der Waals surface area (Å²) < 4.78 is 5.07. The van der Waals surface area contributed by atoms with E-state index in [0.717, 1.165) is 26.1 Å². The number of hydrogen-bond acceptors (Lipinski definition) is 3. The molecule has 1 saturated carbocycles. The van der Waals surface area contributed by atoms with E-state index in [1.165, 1.54) is 12.8 Å². The standard InChI is InChI=1S/C11H22N2O2/c1-12-7-3-10(14)13-9-11(4-5-11)6-8-15-2/h12H,3-9H2,1-2H3,(H,13,14). The molecule has 0 heterocycles. The van der Waals surface area contributed by atoms with E-state index in [4.69, 9.17) is 4.74 Å². The van der Waals surface area contributed by atoms with E-state index in [1.54, 1.807) is 7.11 Å². The van der Waals surface area contributed by atoms with Crippen LogP contribution in [0.4, 0.5) is 0 Å². The van der Waals surface area contributed by atoms with Gasteiger partial charge in [0.2, 0.25) is 5.91 Å². The fourth-order valence-electron chi connectivity index (χ4n) is 1.62. The zero-order chi connectivity index (χ0) is 11.1. The fraction of sp³-hybridized carbons (Fsp3) is 0.909. The molecule has 0 radical (unpaired) electrons. The van der Waals surface area contributed by atoms with Crippen molar-refractivity contribution >= 4 is 5.91 Å². The Labute approximate surface area is 91.8 Å². The van der Waals surface area contributed by atoms with Crippen LogP contribution in [-0.2, 0) is 9.53 Å². The molecular weight excluding hydrogens is 192 g/mol. The minimum absolute atomic E-state index is 0.146. The molecule has 0 bridgehead atoms. The van der Waals surface area contributed by atoms with Gasteiger partial charge in [0.1, 0.15) is 0 Å². The first-order valence-corrected chi connectivity index (χ1v) is 5.63. The number of rotatable bonds is 8. The predicted molar refractivity (Wildman–Crippen MR) is 59.7 cm³/mol. The largest absolute Gasteiger partial charge is 0.385 e. The second-order valence-corrected chi connectivity index (χ2v) is 4.37. The maximum atomic E-state index is 11.4. The molecule has 0 aromatic carbocycles. The number of ether oxygens (including phenoxy) is 1. The van der Waals surface area contributed by atoms with Gasteiger partial charge in [-0.15, -0.1) is 0 Å². The van der Waals surface area contributed by atoms with Crippen molar-refractivity contribution in [2.45, 2.75) is 25.7 Å². The lowest BCUT2D eigenvalue weighted by molar-refractivity contribution is -0.121. The van der Waals surface area contributed by atoms with Crippen molar-refractivity contribution in [3.05, 3.63) is 0 Å². The van der Waals surface area contributed by atoms with Crippen molar-refractivity contribution in [3.8, 4) is 0 Å². The Morgan fingerprint density at radius 1 is 1.47 bits per heavy atom. The Balaban J connectivity index is 2.10. The van der Waals surface area contributed by atoms with Gasteiger partial charge in [-0.1, -0.05) is 0 Å². The lowest BCUT2D eigenvalue weighted by Crippen LogP contribution is -2.32. The molecule has 4 heteroatoms. The Morgan fingerprint density at radius 2 is 2.20 bits per heavy atom. The molecule has 0 aromatic rings. The first-order chi connectivity index (χ1) is 7.22. The minimum Gasteiger partial charge on any atom is -0.385 e. The molecule has 0 spiro atoms. The summed E-state index contributed by atoms with van der Waals surface area (Å²) in [6.07, 6.45) is 4.08. The molecule has 88 valence electrons. The Kier molecular flexibility index (Phi) is 5.05. The third kappa shape index (κ3) is 4.62. The lowest BCUT2D eigenvalue weighted by Gasteiger charge is -2.15. The molecule has 2 N–H and O–H groups in total. The summed E-state index contributed by atoms with van der Waals surface area (Å²) in [5.41, 5.74) is 0.352. The van der Waals surface area contributed by atoms with Crippen LogP contribution in [0.25, 0.3) is 0 Å². The molecule has 15 heavy (non-hydrogen) atoms. The number of nitrogens with one attached hydrogen (secondary N) is 2. The highest BCUT2D eigenvalue weighted by Gasteiger charge is 2.41. The van der Waals surface area contributed by atoms with Crippen LogP contribution in [0.15, 0.2) is 0 Å². The van der Waals surface area contributed by atoms with E-state index in [2.05, 4.69) is 10.6 Å². The topological polar surface area (TPSA) is 50.4 Å². The molecule has 0 unspecified atom stereocenters. The zero-order valence-electron chi connectivity index (χ0n) is 9.77. The SMILES string of the molecule is CNCCC(=O)NCC1(CCOC)CC1. The molecule has 1 rings (SSSR count). The average molecular weight is 214 g/mol. The van der Waals surface area contributed by atoms with E-state index in [0.29, 0.717) is 11.8 Å². The molecule has 0 aromatic heterocycles. The molecular formula is C11H22N2O2. The second kappa shape index (κ2) is 6.08. The maximum Gasteiger partial charge on any atom is 0.221 e. The van der Waals surface area contributed by atoms with Crippen LogP contribution < -0.4 is 10.6 Å². The Morgan fingerprint density at radius 3 is 2.73 bits per heavy atom. The number of carbonyl (C=O) groups is 1. The maximum absolute atomic E-state index is 11.4. The summed E-state index contributed by atoms with van der Waals surface area (Å²) >= 11 is 0. The van der Waals surface area contributed by atoms with Crippen LogP contribution in [0.3, 0.4) is 0 Å². The Hall–Kier alpha value is -0.610. The highest BCUT2D eigenvalue weighted by molar-refractivity contribution is 5.76. The third-order valence-corrected chi connectivity index (χ3v) is 3.06. The fourth-order valence-corrected chi connectivity index (χ4v) is 1.62. The van der Waals surface area contributed by atoms with Gasteiger partial charge in [-0.2, -0.15) is 0 Å². The van der Waals surface area contributed by atoms with Crippen LogP contribution in [0.2, 0.25) is 0 Å². The van der Waals surface area contributed by atoms with Gasteiger partial charge in [-0.05, 0) is 31.7 Å². The minimum atomic E-state index is 0.146. The van der Waals surface area contributed by atoms with Crippen molar-refractivity contribution in [2.24, 2.45) is 5.41 Å². The molecule has 1 aliphatic rings. The summed E-state index contributed by atoms with van der Waals surface area (Å²) in [7, 11) is 3.58. The van der Waals surface area contributed by atoms with Crippen molar-refractivity contribution < 1.29 is 9.53 Å². The highest BCUT2D eigenvalue weighted by atomic mass is 16.5. The van der Waals surface area contributed by atoms with Gasteiger partial charge < -0.3 is 15.4 Å². The number of hydrogen-bond donors (Lipinski definition) is 2. The second-order valence-electron chi connectivity index (χ2n) is 4.37. The van der Waals surface area contributed by atoms with E-state index in [9.17, 15) is 4.79 Å². The molecule has 0 atom stereocenters. The van der Waals surface area contributed by atoms with Gasteiger partial charge in [0, 0.05) is 33.2 Å². The number of amides is 1. The van der Waals surface area contributed by atoms with Crippen LogP contribution >= 0.6 is 0 Å². The summed E-state index contributed by atoms with van der Waals surface area (Å²) in [5, 5.41) is 5.96. The molecule has 0 aliphatic heterocycles. The van der Waals surface area contributed by atoms with Gasteiger partial charge in [-0.3, -0.25) is 4.79 Å². The smallest absolute Gasteiger partial charge is 0.221 e. The van der Waals surface area contributed by atoms with Crippen LogP contribution in [0.1, 0.15) is 25.7 Å². The first-order valence-electron chi connectivity index (χ1n) is 5.63. The highest BCUT2D eigenvalue weighted by Crippen LogP contribution is 2.48. The molecule has 1 aliphatic carbocycles. The monoisotopic (exact) mass is 214 g/mol. The van der Waals surface area contributed by atoms with Gasteiger partial charge in [-0.25, -0.2) is 0 Å². The van der Waals surface area contributed by atoms with Crippen LogP contribution in [0, 0.1) is 5.41 Å². The van der Waals surface area contributed by atoms with Gasteiger partial charge >= 0.3 is 0 Å². The van der Waals surface area contributed by atoms with E-state index >= 15 is 0 Å². The number of carbonyl (C=O) groups excluding carboxylic acids is 1. The number of methoxy groups -OCH3 is 1. The van der Waals surface area contributed by atoms with Crippen LogP contribution in [0.5, 0.6) is 0 Å². The molecule has 1 fully saturated rings. The van der Waals surface area contributed by atoms with Gasteiger partial charge in [0.15, 0.2) is 0 Å². The van der Waals surface area contributed by atoms with E-state index in [1.807, 2.05) is 7.05 Å². The van der Waals surface area contributed by atoms with E-state index in [-0.39, 0.29) is 5.91 Å². The lowest BCUT2D eigenvalue weighted by atomic mass is 10.0. The summed E-state index contributed by atoms with van der Waals surface area (Å²) in [6.45, 7) is 2.36. The van der Waals surface area contributed by atoms with Gasteiger partial charge in [0.05, 0.1) is 0 Å². The van der Waals surface area contributed by atoms with Crippen molar-refractivity contribution in [1.29, 1.82) is 0 Å². The summed E-state index contributed by atoms with van der Waals surface area (Å²) in [4.78, 5) is 11.4. The van der Waals surface area contributed by atoms with Crippen LogP contribution in [-0.4, -0.2) is 39.8 Å². The molecule has 0 saturated heterocycles. The summed E-state index contributed by atoms with van der Waals surface area (Å²) in [5.74, 6) is 0.146. The quantitative estimate of drug-likeness (QED) is 0.619. The van der Waals surface area contributed by atoms with Gasteiger partial charge in [0.25, 0.3) is 0 Å². The Bertz CT molecular complexity index is 203. The first kappa shape index (κ1) is 12.5. The normalized spacial score (nSPS) is 17.5. The van der Waals surface area contributed by atoms with Crippen molar-refractivity contribution in [1.82, 2.24) is 10.6 Å². The average Bonchev–Trinajstić information content (AvgIpc) is 3.01. The zero-order valence-corrected chi connectivity index (χ0v) is 9.77. The van der Waals surface area contributed by atoms with Crippen molar-refractivity contribution in [3.63, 3.8) is 0 Å². The van der Waals surface area contributed by atoms with E-state index < -0.39 is 0 Å². The third-order valence-electron chi connectivity index (χ3n) is 3.06. The predicted octanol–water partition coefficient (Wildman–Crippen LogP) is 0.529. The van der Waals surface area contributed by atoms with Crippen molar-refractivity contribution in [2.75, 3.05) is 33.9 Å². The molecule has 4 nitrogen and oxygen atoms in total. The summed E-state index contributed by atoms with van der Waals surface area (Å²) in [6, 6.07) is 0.